The fraction of sp³-hybridized carbons (Fsp3) is 0.333. The molecule has 10 nitrogen and oxygen atoms in total. The van der Waals surface area contributed by atoms with E-state index in [1.807, 2.05) is 0 Å². The number of benzene rings is 1. The second-order valence-electron chi connectivity index (χ2n) is 9.27. The number of aliphatic hydroxyl groups is 2. The Kier molecular flexibility index (Phi) is 6.59. The van der Waals surface area contributed by atoms with Crippen LogP contribution < -0.4 is 0 Å². The molecule has 16 heteroatoms. The number of aliphatic hydroxyl groups excluding tert-OH is 2. The zero-order valence-electron chi connectivity index (χ0n) is 20.2. The van der Waals surface area contributed by atoms with E-state index in [9.17, 15) is 27.8 Å². The van der Waals surface area contributed by atoms with Crippen LogP contribution in [0.25, 0.3) is 16.9 Å². The Balaban J connectivity index is 1.41. The van der Waals surface area contributed by atoms with Crippen molar-refractivity contribution in [2.75, 3.05) is 0 Å². The lowest BCUT2D eigenvalue weighted by atomic mass is 9.88. The molecule has 0 amide bonds. The average molecular weight is 601 g/mol. The molecule has 0 saturated carbocycles. The third-order valence-corrected chi connectivity index (χ3v) is 7.21. The molecule has 0 radical (unpaired) electrons. The van der Waals surface area contributed by atoms with Crippen LogP contribution in [-0.2, 0) is 15.7 Å². The van der Waals surface area contributed by atoms with Crippen LogP contribution in [0.2, 0.25) is 10.0 Å². The van der Waals surface area contributed by atoms with Gasteiger partial charge in [-0.15, -0.1) is 0 Å². The minimum absolute atomic E-state index is 0.0179. The molecule has 2 saturated heterocycles. The molecule has 1 aromatic carbocycles. The van der Waals surface area contributed by atoms with Crippen molar-refractivity contribution in [2.45, 2.75) is 49.8 Å². The molecule has 3 aromatic heterocycles. The lowest BCUT2D eigenvalue weighted by Gasteiger charge is -2.52. The first-order valence-corrected chi connectivity index (χ1v) is 12.5. The number of hydrogen-bond donors (Lipinski definition) is 2. The Morgan fingerprint density at radius 1 is 1.05 bits per heavy atom. The smallest absolute Gasteiger partial charge is 0.388 e. The third kappa shape index (κ3) is 4.54. The summed E-state index contributed by atoms with van der Waals surface area (Å²) in [7, 11) is 0. The number of aromatic nitrogens is 6. The molecule has 4 unspecified atom stereocenters. The predicted octanol–water partition coefficient (Wildman–Crippen LogP) is 4.06. The number of halogens is 6. The Bertz CT molecular complexity index is 1600. The van der Waals surface area contributed by atoms with Crippen molar-refractivity contribution in [1.82, 2.24) is 29.5 Å². The normalized spacial score (nSPS) is 26.4. The fourth-order valence-corrected chi connectivity index (χ4v) is 5.14. The van der Waals surface area contributed by atoms with E-state index in [2.05, 4.69) is 20.2 Å². The molecule has 6 rings (SSSR count). The average Bonchev–Trinajstić information content (AvgIpc) is 3.52. The summed E-state index contributed by atoms with van der Waals surface area (Å²) in [6.45, 7) is 1.46. The van der Waals surface area contributed by atoms with Gasteiger partial charge >= 0.3 is 6.18 Å². The van der Waals surface area contributed by atoms with Crippen molar-refractivity contribution in [1.29, 1.82) is 0 Å². The van der Waals surface area contributed by atoms with Gasteiger partial charge in [0, 0.05) is 29.0 Å². The molecule has 0 aliphatic carbocycles. The largest absolute Gasteiger partial charge is 0.418 e. The van der Waals surface area contributed by atoms with Crippen molar-refractivity contribution in [3.05, 3.63) is 75.9 Å². The topological polar surface area (TPSA) is 120 Å². The molecule has 0 bridgehead atoms. The van der Waals surface area contributed by atoms with Crippen LogP contribution in [0.5, 0.6) is 0 Å². The van der Waals surface area contributed by atoms with Crippen LogP contribution >= 0.6 is 23.2 Å². The molecule has 2 aliphatic heterocycles. The number of hydrogen-bond acceptors (Lipinski definition) is 8. The predicted molar refractivity (Wildman–Crippen MR) is 130 cm³/mol. The van der Waals surface area contributed by atoms with Gasteiger partial charge in [-0.05, 0) is 25.1 Å². The van der Waals surface area contributed by atoms with Gasteiger partial charge in [-0.3, -0.25) is 9.67 Å². The summed E-state index contributed by atoms with van der Waals surface area (Å²) in [5, 5.41) is 30.0. The van der Waals surface area contributed by atoms with E-state index in [-0.39, 0.29) is 27.4 Å². The van der Waals surface area contributed by atoms with Crippen LogP contribution in [-0.4, -0.2) is 64.3 Å². The maximum atomic E-state index is 14.0. The molecule has 40 heavy (non-hydrogen) atoms. The zero-order valence-corrected chi connectivity index (χ0v) is 21.7. The van der Waals surface area contributed by atoms with Crippen molar-refractivity contribution >= 4 is 23.2 Å². The third-order valence-electron chi connectivity index (χ3n) is 6.70. The van der Waals surface area contributed by atoms with Gasteiger partial charge in [0.1, 0.15) is 42.1 Å². The second-order valence-corrected chi connectivity index (χ2v) is 10.1. The highest BCUT2D eigenvalue weighted by atomic mass is 35.5. The van der Waals surface area contributed by atoms with Gasteiger partial charge < -0.3 is 19.7 Å². The van der Waals surface area contributed by atoms with Gasteiger partial charge in [0.05, 0.1) is 28.2 Å². The molecular weight excluding hydrogens is 583 g/mol. The first-order chi connectivity index (χ1) is 18.9. The maximum Gasteiger partial charge on any atom is 0.418 e. The highest BCUT2D eigenvalue weighted by Crippen LogP contribution is 2.46. The second kappa shape index (κ2) is 9.75. The van der Waals surface area contributed by atoms with Crippen molar-refractivity contribution in [3.8, 4) is 16.9 Å². The SMILES string of the molecule is Cc1nc([C@@H]2OC3C(O)O[C@@H]3C(n3cc(-c4cc(F)c(Cl)cn4)cn3)C2O)n(-c2cc(Cl)ccc2C(F)(F)F)n1. The fourth-order valence-electron chi connectivity index (χ4n) is 4.87. The highest BCUT2D eigenvalue weighted by Gasteiger charge is 2.58. The number of aryl methyl sites for hydroxylation is 1. The van der Waals surface area contributed by atoms with Crippen LogP contribution in [0, 0.1) is 12.7 Å². The van der Waals surface area contributed by atoms with E-state index in [0.29, 0.717) is 5.56 Å². The standard InChI is InChI=1S/C24H18Cl2F4N6O4/c1-9-33-22(36(34-9)16-4-11(25)2-3-12(16)24(28,29)30)20-18(37)17(19-21(39-20)23(38)40-19)35-8-10(6-32-35)15-5-14(27)13(26)7-31-15/h2-8,17-21,23,37-38H,1H3/t17?,18?,19-,20-,21?,23?/m1/s1. The van der Waals surface area contributed by atoms with Gasteiger partial charge in [0.2, 0.25) is 0 Å². The lowest BCUT2D eigenvalue weighted by Crippen LogP contribution is -2.65. The molecule has 5 heterocycles. The molecule has 210 valence electrons. The molecule has 2 fully saturated rings. The molecular formula is C24H18Cl2F4N6O4. The van der Waals surface area contributed by atoms with Gasteiger partial charge in [-0.1, -0.05) is 23.2 Å². The molecule has 2 aliphatic rings. The summed E-state index contributed by atoms with van der Waals surface area (Å²) in [5.74, 6) is -0.751. The summed E-state index contributed by atoms with van der Waals surface area (Å²) >= 11 is 11.7. The van der Waals surface area contributed by atoms with E-state index < -0.39 is 60.0 Å². The van der Waals surface area contributed by atoms with Crippen molar-refractivity contribution in [3.63, 3.8) is 0 Å². The molecule has 4 aromatic rings. The van der Waals surface area contributed by atoms with Crippen LogP contribution in [0.4, 0.5) is 17.6 Å². The van der Waals surface area contributed by atoms with E-state index in [4.69, 9.17) is 32.7 Å². The van der Waals surface area contributed by atoms with E-state index in [1.54, 1.807) is 0 Å². The van der Waals surface area contributed by atoms with Crippen LogP contribution in [0.3, 0.4) is 0 Å². The maximum absolute atomic E-state index is 14.0. The number of fused-ring (bicyclic) bond motifs is 1. The minimum Gasteiger partial charge on any atom is -0.388 e. The first kappa shape index (κ1) is 27.1. The number of alkyl halides is 3. The summed E-state index contributed by atoms with van der Waals surface area (Å²) < 4.78 is 69.3. The van der Waals surface area contributed by atoms with Gasteiger partial charge in [0.25, 0.3) is 0 Å². The van der Waals surface area contributed by atoms with Gasteiger partial charge in [0.15, 0.2) is 12.1 Å². The summed E-state index contributed by atoms with van der Waals surface area (Å²) in [5.41, 5.74) is -0.856. The Labute approximate surface area is 232 Å². The number of ether oxygens (including phenoxy) is 2. The Morgan fingerprint density at radius 2 is 1.82 bits per heavy atom. The lowest BCUT2D eigenvalue weighted by molar-refractivity contribution is -0.374. The molecule has 6 atom stereocenters. The Morgan fingerprint density at radius 3 is 2.52 bits per heavy atom. The van der Waals surface area contributed by atoms with Gasteiger partial charge in [-0.2, -0.15) is 23.4 Å². The summed E-state index contributed by atoms with van der Waals surface area (Å²) in [6, 6.07) is 3.12. The van der Waals surface area contributed by atoms with Gasteiger partial charge in [-0.25, -0.2) is 14.1 Å². The number of nitrogens with zero attached hydrogens (tertiary/aromatic N) is 6. The Hall–Kier alpha value is -3.14. The van der Waals surface area contributed by atoms with Crippen LogP contribution in [0.1, 0.15) is 29.4 Å². The van der Waals surface area contributed by atoms with E-state index in [0.717, 1.165) is 35.1 Å². The van der Waals surface area contributed by atoms with E-state index >= 15 is 0 Å². The number of pyridine rings is 1. The van der Waals surface area contributed by atoms with Crippen LogP contribution in [0.15, 0.2) is 42.9 Å². The quantitative estimate of drug-likeness (QED) is 0.337. The minimum atomic E-state index is -4.75. The first-order valence-electron chi connectivity index (χ1n) is 11.8. The zero-order chi connectivity index (χ0) is 28.5. The molecule has 0 spiro atoms. The summed E-state index contributed by atoms with van der Waals surface area (Å²) in [4.78, 5) is 8.35. The van der Waals surface area contributed by atoms with E-state index in [1.165, 1.54) is 24.0 Å². The van der Waals surface area contributed by atoms with Crippen molar-refractivity contribution < 1.29 is 37.2 Å². The summed E-state index contributed by atoms with van der Waals surface area (Å²) in [6.07, 6.45) is -6.85. The van der Waals surface area contributed by atoms with Crippen molar-refractivity contribution in [2.24, 2.45) is 0 Å². The number of rotatable bonds is 4. The highest BCUT2D eigenvalue weighted by molar-refractivity contribution is 6.31. The monoisotopic (exact) mass is 600 g/mol. The molecule has 2 N–H and O–H groups in total.